The molecule has 0 aliphatic carbocycles. The highest BCUT2D eigenvalue weighted by molar-refractivity contribution is 6.34. The molecular weight excluding hydrogens is 801 g/mol. The first-order chi connectivity index (χ1) is 29.5. The van der Waals surface area contributed by atoms with E-state index in [1.54, 1.807) is 68.4 Å². The minimum absolute atomic E-state index is 0.00471. The molecule has 2 unspecified atom stereocenters. The fourth-order valence-electron chi connectivity index (χ4n) is 7.03. The van der Waals surface area contributed by atoms with E-state index >= 15 is 4.39 Å². The van der Waals surface area contributed by atoms with Crippen molar-refractivity contribution in [2.45, 2.75) is 25.9 Å². The molecule has 4 heterocycles. The molecule has 8 rings (SSSR count). The van der Waals surface area contributed by atoms with Crippen LogP contribution in [-0.4, -0.2) is 19.9 Å². The topological polar surface area (TPSA) is 248 Å². The minimum Gasteiger partial charge on any atom is -0.454 e. The second-order valence-corrected chi connectivity index (χ2v) is 14.2. The third kappa shape index (κ3) is 7.35. The van der Waals surface area contributed by atoms with E-state index in [-0.39, 0.29) is 95.4 Å². The van der Waals surface area contributed by atoms with Gasteiger partial charge in [0.1, 0.15) is 52.7 Å². The molecule has 4 aromatic carbocycles. The molecule has 61 heavy (non-hydrogen) atoms. The van der Waals surface area contributed by atoms with Crippen molar-refractivity contribution in [3.05, 3.63) is 151 Å². The van der Waals surface area contributed by atoms with E-state index in [4.69, 9.17) is 31.9 Å². The van der Waals surface area contributed by atoms with Crippen LogP contribution >= 0.6 is 11.6 Å². The Bertz CT molecular complexity index is 3260. The lowest BCUT2D eigenvalue weighted by Gasteiger charge is -2.20. The van der Waals surface area contributed by atoms with Crippen LogP contribution in [0.3, 0.4) is 0 Å². The molecule has 300 valence electrons. The number of fused-ring (bicyclic) bond motifs is 2. The number of nitrogens with two attached hydrogens (primary N) is 2. The standard InChI is InChI=1S/C44H31ClFN11O4/c1-21(53-41-28(18-47)40(49)51-20-52-41)33-35(59)27-14-8-16-31(46)39(27)61-37(33)24-11-6-12-25(17-24)55-43-29(19-48)42(56-44(50)57-43)54-22(2)32-34(58)26-13-7-15-30(45)38(26)60-36(32)23-9-4-3-5-10-23/h3-17,20-22H,1-2H3,(H3,49,51,52,53)(H4,50,54,55,56,57). The Morgan fingerprint density at radius 3 is 2.00 bits per heavy atom. The third-order valence-corrected chi connectivity index (χ3v) is 10.1. The number of aromatic nitrogens is 4. The Kier molecular flexibility index (Phi) is 10.4. The lowest BCUT2D eigenvalue weighted by molar-refractivity contribution is 0.553. The van der Waals surface area contributed by atoms with Gasteiger partial charge in [0.2, 0.25) is 5.95 Å². The van der Waals surface area contributed by atoms with E-state index in [1.165, 1.54) is 24.5 Å². The van der Waals surface area contributed by atoms with E-state index in [2.05, 4.69) is 42.0 Å². The highest BCUT2D eigenvalue weighted by atomic mass is 35.5. The molecule has 0 fully saturated rings. The first-order valence-electron chi connectivity index (χ1n) is 18.5. The number of hydrogen-bond acceptors (Lipinski definition) is 15. The van der Waals surface area contributed by atoms with Crippen LogP contribution in [0.4, 0.5) is 39.3 Å². The maximum atomic E-state index is 15.2. The van der Waals surface area contributed by atoms with Gasteiger partial charge in [0.05, 0.1) is 39.0 Å². The van der Waals surface area contributed by atoms with E-state index in [1.807, 2.05) is 24.3 Å². The van der Waals surface area contributed by atoms with Crippen LogP contribution in [0, 0.1) is 28.5 Å². The molecule has 0 aliphatic rings. The molecule has 0 spiro atoms. The Hall–Kier alpha value is -8.34. The van der Waals surface area contributed by atoms with Gasteiger partial charge in [-0.25, -0.2) is 14.4 Å². The summed E-state index contributed by atoms with van der Waals surface area (Å²) in [4.78, 5) is 44.9. The van der Waals surface area contributed by atoms with Crippen LogP contribution in [0.5, 0.6) is 0 Å². The predicted octanol–water partition coefficient (Wildman–Crippen LogP) is 8.60. The van der Waals surface area contributed by atoms with E-state index in [0.717, 1.165) is 0 Å². The molecule has 8 aromatic rings. The Morgan fingerprint density at radius 2 is 1.30 bits per heavy atom. The van der Waals surface area contributed by atoms with E-state index in [9.17, 15) is 20.1 Å². The van der Waals surface area contributed by atoms with Gasteiger partial charge >= 0.3 is 0 Å². The fraction of sp³-hybridized carbons (Fsp3) is 0.0909. The van der Waals surface area contributed by atoms with Gasteiger partial charge < -0.3 is 36.3 Å². The summed E-state index contributed by atoms with van der Waals surface area (Å²) in [5.74, 6) is -0.621. The number of anilines is 6. The van der Waals surface area contributed by atoms with Gasteiger partial charge in [-0.3, -0.25) is 9.59 Å². The number of rotatable bonds is 10. The molecule has 7 N–H and O–H groups in total. The van der Waals surface area contributed by atoms with Crippen molar-refractivity contribution in [2.75, 3.05) is 27.4 Å². The number of hydrogen-bond donors (Lipinski definition) is 5. The molecule has 0 amide bonds. The Balaban J connectivity index is 1.18. The molecule has 15 nitrogen and oxygen atoms in total. The van der Waals surface area contributed by atoms with Crippen molar-refractivity contribution in [2.24, 2.45) is 0 Å². The molecule has 17 heteroatoms. The summed E-state index contributed by atoms with van der Waals surface area (Å²) in [7, 11) is 0. The first kappa shape index (κ1) is 39.5. The molecule has 0 bridgehead atoms. The second-order valence-electron chi connectivity index (χ2n) is 13.7. The van der Waals surface area contributed by atoms with Crippen LogP contribution in [0.2, 0.25) is 5.02 Å². The van der Waals surface area contributed by atoms with Crippen LogP contribution in [0.1, 0.15) is 48.2 Å². The number of nitrogens with zero attached hydrogens (tertiary/aromatic N) is 6. The lowest BCUT2D eigenvalue weighted by atomic mass is 9.99. The minimum atomic E-state index is -0.858. The van der Waals surface area contributed by atoms with Gasteiger partial charge in [0.25, 0.3) is 0 Å². The monoisotopic (exact) mass is 831 g/mol. The molecule has 0 saturated carbocycles. The van der Waals surface area contributed by atoms with E-state index in [0.29, 0.717) is 16.8 Å². The number of nitrogens with one attached hydrogen (secondary N) is 3. The van der Waals surface area contributed by atoms with Gasteiger partial charge in [0.15, 0.2) is 39.5 Å². The van der Waals surface area contributed by atoms with Crippen molar-refractivity contribution in [1.29, 1.82) is 10.5 Å². The normalized spacial score (nSPS) is 12.0. The van der Waals surface area contributed by atoms with Crippen LogP contribution < -0.4 is 38.3 Å². The molecule has 4 aromatic heterocycles. The smallest absolute Gasteiger partial charge is 0.224 e. The first-order valence-corrected chi connectivity index (χ1v) is 18.9. The highest BCUT2D eigenvalue weighted by Crippen LogP contribution is 2.37. The van der Waals surface area contributed by atoms with Crippen molar-refractivity contribution >= 4 is 68.4 Å². The van der Waals surface area contributed by atoms with E-state index < -0.39 is 23.3 Å². The van der Waals surface area contributed by atoms with Crippen molar-refractivity contribution in [3.8, 4) is 34.8 Å². The zero-order valence-corrected chi connectivity index (χ0v) is 32.9. The highest BCUT2D eigenvalue weighted by Gasteiger charge is 2.27. The zero-order valence-electron chi connectivity index (χ0n) is 32.1. The second kappa shape index (κ2) is 16.1. The van der Waals surface area contributed by atoms with Crippen LogP contribution in [-0.2, 0) is 0 Å². The van der Waals surface area contributed by atoms with Crippen molar-refractivity contribution in [3.63, 3.8) is 0 Å². The molecule has 2 atom stereocenters. The molecular formula is C44H31ClFN11O4. The average Bonchev–Trinajstić information content (AvgIpc) is 3.24. The maximum Gasteiger partial charge on any atom is 0.224 e. The lowest BCUT2D eigenvalue weighted by Crippen LogP contribution is -2.21. The summed E-state index contributed by atoms with van der Waals surface area (Å²) >= 11 is 6.46. The van der Waals surface area contributed by atoms with Gasteiger partial charge in [-0.05, 0) is 50.2 Å². The average molecular weight is 832 g/mol. The van der Waals surface area contributed by atoms with Gasteiger partial charge in [-0.1, -0.05) is 66.2 Å². The number of nitrogen functional groups attached to an aromatic ring is 2. The maximum absolute atomic E-state index is 15.2. The summed E-state index contributed by atoms with van der Waals surface area (Å²) in [6, 6.07) is 27.0. The summed E-state index contributed by atoms with van der Waals surface area (Å²) in [5.41, 5.74) is 12.8. The van der Waals surface area contributed by atoms with Gasteiger partial charge in [-0.2, -0.15) is 20.5 Å². The number of benzene rings is 4. The van der Waals surface area contributed by atoms with Crippen LogP contribution in [0.25, 0.3) is 44.6 Å². The summed E-state index contributed by atoms with van der Waals surface area (Å²) in [6.45, 7) is 3.38. The number of nitriles is 2. The SMILES string of the molecule is CC(Nc1ncnc(N)c1C#N)c1c(-c2cccc(Nc3nc(N)nc(NC(C)c4c(-c5ccccc5)oc5c(Cl)cccc5c4=O)c3C#N)c2)oc2c(F)cccc2c1=O. The molecule has 0 radical (unpaired) electrons. The Labute approximate surface area is 350 Å². The van der Waals surface area contributed by atoms with Crippen molar-refractivity contribution in [1.82, 2.24) is 19.9 Å². The quantitative estimate of drug-likeness (QED) is 0.0865. The summed E-state index contributed by atoms with van der Waals surface area (Å²) in [6.07, 6.45) is 1.18. The summed E-state index contributed by atoms with van der Waals surface area (Å²) in [5, 5.41) is 30.1. The summed E-state index contributed by atoms with van der Waals surface area (Å²) < 4.78 is 27.7. The third-order valence-electron chi connectivity index (χ3n) is 9.83. The fourth-order valence-corrected chi connectivity index (χ4v) is 7.24. The molecule has 0 saturated heterocycles. The largest absolute Gasteiger partial charge is 0.454 e. The predicted molar refractivity (Wildman–Crippen MR) is 230 cm³/mol. The number of halogens is 2. The zero-order chi connectivity index (χ0) is 42.9. The Morgan fingerprint density at radius 1 is 0.705 bits per heavy atom. The van der Waals surface area contributed by atoms with Gasteiger partial charge in [-0.15, -0.1) is 0 Å². The number of para-hydroxylation sites is 2. The van der Waals surface area contributed by atoms with Gasteiger partial charge in [0, 0.05) is 16.8 Å². The molecule has 0 aliphatic heterocycles. The van der Waals surface area contributed by atoms with Crippen LogP contribution in [0.15, 0.2) is 116 Å². The van der Waals surface area contributed by atoms with Crippen molar-refractivity contribution < 1.29 is 13.2 Å².